The van der Waals surface area contributed by atoms with Gasteiger partial charge in [-0.15, -0.1) is 0 Å². The average Bonchev–Trinajstić information content (AvgIpc) is 2.04. The third-order valence-corrected chi connectivity index (χ3v) is 1.90. The van der Waals surface area contributed by atoms with Gasteiger partial charge in [0.2, 0.25) is 0 Å². The topological polar surface area (TPSA) is 26.3 Å². The Labute approximate surface area is 107 Å². The molecule has 1 aromatic carbocycles. The van der Waals surface area contributed by atoms with Crippen molar-refractivity contribution < 1.29 is 9.53 Å². The molecule has 0 aliphatic rings. The molecule has 0 aliphatic heterocycles. The molecule has 0 aromatic heterocycles. The van der Waals surface area contributed by atoms with E-state index < -0.39 is 0 Å². The molecule has 0 unspecified atom stereocenters. The van der Waals surface area contributed by atoms with E-state index in [0.29, 0.717) is 12.2 Å². The first kappa shape index (κ1) is 13.7. The Morgan fingerprint density at radius 3 is 2.00 bits per heavy atom. The molecule has 0 amide bonds. The predicted octanol–water partition coefficient (Wildman–Crippen LogP) is 1.87. The van der Waals surface area contributed by atoms with Gasteiger partial charge in [-0.05, 0) is 23.1 Å². The normalized spacial score (nSPS) is 10.2. The van der Waals surface area contributed by atoms with Gasteiger partial charge < -0.3 is 4.74 Å². The molecule has 0 spiro atoms. The zero-order valence-corrected chi connectivity index (χ0v) is 8.20. The molecular weight excluding hydrogens is 187 g/mol. The van der Waals surface area contributed by atoms with E-state index in [9.17, 15) is 4.79 Å². The fourth-order valence-electron chi connectivity index (χ4n) is 1.09. The number of ether oxygens (including phenoxy) is 1. The molecule has 0 saturated heterocycles. The third-order valence-electron chi connectivity index (χ3n) is 1.90. The molecule has 72 valence electrons. The summed E-state index contributed by atoms with van der Waals surface area (Å²) in [5, 5.41) is 0. The molecule has 0 fully saturated rings. The molecule has 0 heterocycles. The second-order valence-electron chi connectivity index (χ2n) is 3.99. The molecule has 1 rings (SSSR count). The molecule has 0 radical (unpaired) electrons. The number of rotatable bonds is 2. The summed E-state index contributed by atoms with van der Waals surface area (Å²) in [7, 11) is 0. The van der Waals surface area contributed by atoms with Crippen molar-refractivity contribution in [3.63, 3.8) is 0 Å². The van der Waals surface area contributed by atoms with Gasteiger partial charge in [0.15, 0.2) is 0 Å². The summed E-state index contributed by atoms with van der Waals surface area (Å²) in [6.07, 6.45) is 0. The Hall–Kier alpha value is -0.310. The Bertz CT molecular complexity index is 285. The van der Waals surface area contributed by atoms with Crippen molar-refractivity contribution in [2.24, 2.45) is 0 Å². The van der Waals surface area contributed by atoms with Crippen molar-refractivity contribution in [1.29, 1.82) is 0 Å². The minimum absolute atomic E-state index is 0. The molecule has 0 saturated carbocycles. The molecule has 3 heteroatoms. The third kappa shape index (κ3) is 3.82. The monoisotopic (exact) mass is 202 g/mol. The van der Waals surface area contributed by atoms with Gasteiger partial charge >= 0.3 is 29.6 Å². The molecule has 2 nitrogen and oxygen atoms in total. The van der Waals surface area contributed by atoms with Crippen LogP contribution in [0.15, 0.2) is 24.3 Å². The van der Waals surface area contributed by atoms with Crippen LogP contribution in [-0.2, 0) is 10.2 Å². The summed E-state index contributed by atoms with van der Waals surface area (Å²) in [6, 6.07) is 7.54. The molecule has 14 heavy (non-hydrogen) atoms. The summed E-state index contributed by atoms with van der Waals surface area (Å²) in [6.45, 7) is 6.86. The first-order valence-electron chi connectivity index (χ1n) is 4.25. The van der Waals surface area contributed by atoms with E-state index in [1.165, 1.54) is 5.56 Å². The molecular formula is C11H15NaO2. The van der Waals surface area contributed by atoms with Gasteiger partial charge in [-0.3, -0.25) is 4.79 Å². The van der Waals surface area contributed by atoms with E-state index in [2.05, 4.69) is 20.8 Å². The maximum atomic E-state index is 10.0. The first-order valence-corrected chi connectivity index (χ1v) is 4.25. The number of hydrogen-bond acceptors (Lipinski definition) is 2. The van der Waals surface area contributed by atoms with Gasteiger partial charge in [0.25, 0.3) is 6.47 Å². The van der Waals surface area contributed by atoms with E-state index in [-0.39, 0.29) is 35.0 Å². The summed E-state index contributed by atoms with van der Waals surface area (Å²) in [4.78, 5) is 10.0. The molecule has 0 atom stereocenters. The van der Waals surface area contributed by atoms with Crippen molar-refractivity contribution in [2.45, 2.75) is 26.2 Å². The van der Waals surface area contributed by atoms with Crippen molar-refractivity contribution in [3.05, 3.63) is 29.8 Å². The SMILES string of the molecule is CC(C)(C)c1ccc(OC=O)cc1.[NaH]. The van der Waals surface area contributed by atoms with E-state index in [0.717, 1.165) is 0 Å². The van der Waals surface area contributed by atoms with Crippen molar-refractivity contribution in [3.8, 4) is 5.75 Å². The van der Waals surface area contributed by atoms with Gasteiger partial charge in [0.1, 0.15) is 5.75 Å². The van der Waals surface area contributed by atoms with Crippen LogP contribution >= 0.6 is 0 Å². The van der Waals surface area contributed by atoms with Crippen LogP contribution in [0.2, 0.25) is 0 Å². The van der Waals surface area contributed by atoms with Gasteiger partial charge in [-0.25, -0.2) is 0 Å². The zero-order valence-electron chi connectivity index (χ0n) is 8.20. The van der Waals surface area contributed by atoms with Crippen LogP contribution in [0.4, 0.5) is 0 Å². The van der Waals surface area contributed by atoms with Crippen LogP contribution in [-0.4, -0.2) is 36.0 Å². The summed E-state index contributed by atoms with van der Waals surface area (Å²) in [5.41, 5.74) is 1.37. The van der Waals surface area contributed by atoms with Gasteiger partial charge in [-0.2, -0.15) is 0 Å². The summed E-state index contributed by atoms with van der Waals surface area (Å²) < 4.78 is 4.69. The Kier molecular flexibility index (Phi) is 5.42. The average molecular weight is 202 g/mol. The number of carbonyl (C=O) groups excluding carboxylic acids is 1. The minimum atomic E-state index is 0. The molecule has 0 aliphatic carbocycles. The molecule has 1 aromatic rings. The van der Waals surface area contributed by atoms with Crippen molar-refractivity contribution in [2.75, 3.05) is 0 Å². The van der Waals surface area contributed by atoms with E-state index in [1.807, 2.05) is 12.1 Å². The second kappa shape index (κ2) is 5.54. The molecule has 0 bridgehead atoms. The standard InChI is InChI=1S/C11H14O2.Na.H/c1-11(2,3)9-4-6-10(7-5-9)13-8-12;;/h4-8H,1-3H3;;. The number of benzene rings is 1. The number of hydrogen-bond donors (Lipinski definition) is 0. The first-order chi connectivity index (χ1) is 6.04. The van der Waals surface area contributed by atoms with Gasteiger partial charge in [-0.1, -0.05) is 32.9 Å². The number of carbonyl (C=O) groups is 1. The predicted molar refractivity (Wildman–Crippen MR) is 59.0 cm³/mol. The Morgan fingerprint density at radius 2 is 1.64 bits per heavy atom. The summed E-state index contributed by atoms with van der Waals surface area (Å²) in [5.74, 6) is 0.586. The Balaban J connectivity index is 0.00000169. The fraction of sp³-hybridized carbons (Fsp3) is 0.364. The molecule has 0 N–H and O–H groups in total. The van der Waals surface area contributed by atoms with Crippen molar-refractivity contribution >= 4 is 36.0 Å². The van der Waals surface area contributed by atoms with E-state index in [4.69, 9.17) is 4.74 Å². The second-order valence-corrected chi connectivity index (χ2v) is 3.99. The van der Waals surface area contributed by atoms with Crippen LogP contribution in [0.1, 0.15) is 26.3 Å². The van der Waals surface area contributed by atoms with Crippen LogP contribution < -0.4 is 4.74 Å². The van der Waals surface area contributed by atoms with E-state index in [1.54, 1.807) is 12.1 Å². The van der Waals surface area contributed by atoms with Gasteiger partial charge in [0, 0.05) is 0 Å². The summed E-state index contributed by atoms with van der Waals surface area (Å²) >= 11 is 0. The zero-order chi connectivity index (χ0) is 9.90. The quantitative estimate of drug-likeness (QED) is 0.540. The van der Waals surface area contributed by atoms with Crippen LogP contribution in [0, 0.1) is 0 Å². The van der Waals surface area contributed by atoms with Crippen LogP contribution in [0.25, 0.3) is 0 Å². The van der Waals surface area contributed by atoms with E-state index >= 15 is 0 Å². The van der Waals surface area contributed by atoms with Gasteiger partial charge in [0.05, 0.1) is 0 Å². The van der Waals surface area contributed by atoms with Crippen LogP contribution in [0.3, 0.4) is 0 Å². The van der Waals surface area contributed by atoms with Crippen molar-refractivity contribution in [1.82, 2.24) is 0 Å². The Morgan fingerprint density at radius 1 is 1.14 bits per heavy atom. The van der Waals surface area contributed by atoms with Crippen LogP contribution in [0.5, 0.6) is 5.75 Å². The fourth-order valence-corrected chi connectivity index (χ4v) is 1.09. The maximum absolute atomic E-state index is 10.0.